The summed E-state index contributed by atoms with van der Waals surface area (Å²) in [6.45, 7) is 25.0. The van der Waals surface area contributed by atoms with E-state index in [4.69, 9.17) is 23.3 Å². The Morgan fingerprint density at radius 3 is 1.04 bits per heavy atom. The lowest BCUT2D eigenvalue weighted by Crippen LogP contribution is -2.67. The second-order valence-electron chi connectivity index (χ2n) is 24.8. The molecule has 1 amide bonds. The van der Waals surface area contributed by atoms with E-state index < -0.39 is 103 Å². The number of allylic oxidation sites excluding steroid dienone is 21. The predicted octanol–water partition coefficient (Wildman–Crippen LogP) is 14.2. The summed E-state index contributed by atoms with van der Waals surface area (Å²) in [5.74, 6) is -0.810. The first-order valence-corrected chi connectivity index (χ1v) is 35.0. The van der Waals surface area contributed by atoms with Gasteiger partial charge in [-0.2, -0.15) is 4.31 Å². The molecule has 20 heteroatoms. The van der Waals surface area contributed by atoms with E-state index in [1.54, 1.807) is 6.92 Å². The van der Waals surface area contributed by atoms with E-state index in [1.807, 2.05) is 0 Å². The number of phosphoric ester groups is 2. The number of amides is 1. The van der Waals surface area contributed by atoms with E-state index in [-0.39, 0.29) is 0 Å². The summed E-state index contributed by atoms with van der Waals surface area (Å²) in [7, 11) is -10.9. The summed E-state index contributed by atoms with van der Waals surface area (Å²) >= 11 is 0. The molecular weight excluding hydrogens is 1180 g/mol. The number of ether oxygens (including phenoxy) is 3. The fourth-order valence-electron chi connectivity index (χ4n) is 10.2. The smallest absolute Gasteiger partial charge is 0.394 e. The Hall–Kier alpha value is -3.49. The molecule has 2 saturated heterocycles. The second kappa shape index (κ2) is 44.2. The van der Waals surface area contributed by atoms with Crippen molar-refractivity contribution in [3.05, 3.63) is 128 Å². The second-order valence-corrected chi connectivity index (χ2v) is 27.8. The highest BCUT2D eigenvalue weighted by atomic mass is 31.3. The zero-order valence-electron chi connectivity index (χ0n) is 56.0. The number of carbonyl (C=O) groups excluding carboxylic acids is 1. The zero-order chi connectivity index (χ0) is 66.7. The molecule has 89 heavy (non-hydrogen) atoms. The lowest BCUT2D eigenvalue weighted by molar-refractivity contribution is -0.344. The molecule has 2 rings (SSSR count). The third kappa shape index (κ3) is 35.9. The molecule has 0 aliphatic carbocycles. The highest BCUT2D eigenvalue weighted by Crippen LogP contribution is 2.61. The fourth-order valence-corrected chi connectivity index (χ4v) is 12.2. The molecule has 0 radical (unpaired) electrons. The molecule has 0 aromatic rings. The van der Waals surface area contributed by atoms with Crippen LogP contribution in [0.25, 0.3) is 0 Å². The van der Waals surface area contributed by atoms with Crippen LogP contribution in [0, 0.1) is 0 Å². The van der Waals surface area contributed by atoms with Gasteiger partial charge in [0.25, 0.3) is 0 Å². The van der Waals surface area contributed by atoms with E-state index in [1.165, 1.54) is 61.8 Å². The first-order valence-electron chi connectivity index (χ1n) is 32.0. The normalized spacial score (nSPS) is 25.7. The largest absolute Gasteiger partial charge is 0.483 e. The number of hydrogen-bond acceptors (Lipinski definition) is 15. The maximum atomic E-state index is 13.0. The maximum Gasteiger partial charge on any atom is 0.483 e. The number of rotatable bonds is 42. The van der Waals surface area contributed by atoms with Gasteiger partial charge >= 0.3 is 15.6 Å². The van der Waals surface area contributed by atoms with Crippen molar-refractivity contribution in [3.8, 4) is 0 Å². The van der Waals surface area contributed by atoms with Gasteiger partial charge in [0, 0.05) is 6.92 Å². The van der Waals surface area contributed by atoms with Gasteiger partial charge in [0.1, 0.15) is 48.8 Å². The Labute approximate surface area is 534 Å². The van der Waals surface area contributed by atoms with Gasteiger partial charge in [0.2, 0.25) is 5.91 Å². The topological polar surface area (TPSA) is 280 Å². The summed E-state index contributed by atoms with van der Waals surface area (Å²) < 4.78 is 56.6. The molecule has 3 unspecified atom stereocenters. The average molecular weight is 1290 g/mol. The SMILES string of the molecule is CC(=O)N[C@H]1C(OP(=O)(O)OP(=O)(O)OC/C=C(/C)CC/C=C(/C)CC/C=C(/C)CC/C=C(/C)CC/C=C(/C)CC/C=C(/C)CC/C=C(/C)CC/C=C(/C)CC/C=C(\C)CC/C=C(\C)CCC=C(C)C)O[C@H](CO)[C@@H](O[C@@H]2O[C@H](CO)[C@@H](O)[C@H](O)[C@H]2O)[C@@H]1O. The van der Waals surface area contributed by atoms with Gasteiger partial charge in [-0.1, -0.05) is 128 Å². The first kappa shape index (κ1) is 81.6. The van der Waals surface area contributed by atoms with Gasteiger partial charge in [0.15, 0.2) is 12.6 Å². The highest BCUT2D eigenvalue weighted by molar-refractivity contribution is 7.61. The molecule has 2 aliphatic rings. The van der Waals surface area contributed by atoms with Crippen molar-refractivity contribution >= 4 is 21.6 Å². The average Bonchev–Trinajstić information content (AvgIpc) is 0.975. The molecule has 9 N–H and O–H groups in total. The minimum absolute atomic E-state index is 0.471. The maximum absolute atomic E-state index is 13.0. The molecule has 2 aliphatic heterocycles. The van der Waals surface area contributed by atoms with Crippen LogP contribution in [0.3, 0.4) is 0 Å². The van der Waals surface area contributed by atoms with Crippen LogP contribution in [0.15, 0.2) is 128 Å². The Morgan fingerprint density at radius 2 is 0.730 bits per heavy atom. The molecule has 12 atom stereocenters. The van der Waals surface area contributed by atoms with Gasteiger partial charge in [-0.15, -0.1) is 0 Å². The summed E-state index contributed by atoms with van der Waals surface area (Å²) in [5.41, 5.74) is 15.1. The quantitative estimate of drug-likeness (QED) is 0.0203. The molecule has 0 aromatic carbocycles. The molecule has 0 saturated carbocycles. The molecule has 0 aromatic heterocycles. The van der Waals surface area contributed by atoms with E-state index in [9.17, 15) is 54.4 Å². The Kier molecular flexibility index (Phi) is 40.5. The van der Waals surface area contributed by atoms with Crippen LogP contribution in [0.2, 0.25) is 0 Å². The van der Waals surface area contributed by atoms with Crippen molar-refractivity contribution in [3.63, 3.8) is 0 Å². The number of phosphoric acid groups is 2. The summed E-state index contributed by atoms with van der Waals surface area (Å²) in [4.78, 5) is 32.9. The number of aliphatic hydroxyl groups excluding tert-OH is 6. The standard InChI is InChI=1S/C69H115NO17P2/c1-48(2)24-14-25-49(3)26-15-27-50(4)28-16-29-51(5)30-17-31-52(6)32-18-33-53(7)34-19-35-54(8)36-20-37-55(9)38-21-39-56(10)40-22-41-57(11)42-23-43-58(12)44-45-82-88(78,79)87-89(80,81)86-68-62(70-59(13)73)64(75)67(61(47-72)84-68)85-69-66(77)65(76)63(74)60(46-71)83-69/h24,26,28,30,32,34,36,38,40,42,44,60-69,71-72,74-77H,14-23,25,27,29,31,33,35,37,39,41,43,45-47H2,1-13H3,(H,70,73)(H,78,79)(H,80,81)/b49-26+,50-28+,51-30-,52-32-,53-34-,54-36-,55-38-,56-40-,57-42-,58-44-/t60-,61-,62-,63-,64-,65+,66-,67-,68?,69+/m1/s1. The summed E-state index contributed by atoms with van der Waals surface area (Å²) in [5, 5.41) is 63.8. The predicted molar refractivity (Wildman–Crippen MR) is 355 cm³/mol. The lowest BCUT2D eigenvalue weighted by Gasteiger charge is -2.47. The Bertz CT molecular complexity index is 2590. The Balaban J connectivity index is 1.68. The zero-order valence-corrected chi connectivity index (χ0v) is 57.8. The van der Waals surface area contributed by atoms with Crippen LogP contribution in [0.4, 0.5) is 0 Å². The number of hydrogen-bond donors (Lipinski definition) is 9. The lowest BCUT2D eigenvalue weighted by atomic mass is 9.95. The van der Waals surface area contributed by atoms with E-state index in [0.717, 1.165) is 128 Å². The summed E-state index contributed by atoms with van der Waals surface area (Å²) in [6.07, 6.45) is 29.9. The van der Waals surface area contributed by atoms with Gasteiger partial charge in [0.05, 0.1) is 19.8 Å². The molecule has 508 valence electrons. The first-order chi connectivity index (χ1) is 42.0. The molecule has 0 spiro atoms. The monoisotopic (exact) mass is 1290 g/mol. The molecule has 2 fully saturated rings. The number of nitrogens with one attached hydrogen (secondary N) is 1. The third-order valence-electron chi connectivity index (χ3n) is 15.9. The Morgan fingerprint density at radius 1 is 0.416 bits per heavy atom. The highest BCUT2D eigenvalue weighted by Gasteiger charge is 2.53. The molecule has 2 heterocycles. The molecule has 18 nitrogen and oxygen atoms in total. The summed E-state index contributed by atoms with van der Waals surface area (Å²) in [6, 6.07) is -1.77. The fraction of sp³-hybridized carbons (Fsp3) is 0.667. The van der Waals surface area contributed by atoms with E-state index in [2.05, 4.69) is 147 Å². The number of aliphatic hydroxyl groups is 6. The van der Waals surface area contributed by atoms with Crippen LogP contribution >= 0.6 is 15.6 Å². The van der Waals surface area contributed by atoms with Crippen LogP contribution in [0.5, 0.6) is 0 Å². The third-order valence-corrected chi connectivity index (χ3v) is 18.5. The molecule has 0 bridgehead atoms. The van der Waals surface area contributed by atoms with Gasteiger partial charge in [-0.25, -0.2) is 9.13 Å². The van der Waals surface area contributed by atoms with Crippen LogP contribution < -0.4 is 5.32 Å². The van der Waals surface area contributed by atoms with Crippen molar-refractivity contribution in [2.45, 2.75) is 280 Å². The van der Waals surface area contributed by atoms with Crippen molar-refractivity contribution in [2.75, 3.05) is 19.8 Å². The van der Waals surface area contributed by atoms with Gasteiger partial charge in [-0.05, 0) is 212 Å². The van der Waals surface area contributed by atoms with Gasteiger partial charge < -0.3 is 60.0 Å². The minimum atomic E-state index is -5.60. The van der Waals surface area contributed by atoms with Crippen LogP contribution in [0.1, 0.15) is 218 Å². The number of carbonyl (C=O) groups is 1. The van der Waals surface area contributed by atoms with Crippen LogP contribution in [-0.2, 0) is 41.5 Å². The molecular formula is C69H115NO17P2. The van der Waals surface area contributed by atoms with E-state index >= 15 is 0 Å². The van der Waals surface area contributed by atoms with Gasteiger partial charge in [-0.3, -0.25) is 13.8 Å². The van der Waals surface area contributed by atoms with Crippen molar-refractivity contribution in [1.29, 1.82) is 0 Å². The van der Waals surface area contributed by atoms with Crippen molar-refractivity contribution in [1.82, 2.24) is 5.32 Å². The minimum Gasteiger partial charge on any atom is -0.394 e. The van der Waals surface area contributed by atoms with Crippen molar-refractivity contribution in [2.24, 2.45) is 0 Å². The van der Waals surface area contributed by atoms with Crippen molar-refractivity contribution < 1.29 is 81.9 Å². The van der Waals surface area contributed by atoms with E-state index in [0.29, 0.717) is 12.8 Å². The van der Waals surface area contributed by atoms with Crippen LogP contribution in [-0.4, -0.2) is 128 Å².